The largest absolute Gasteiger partial charge is 0.467 e. The number of rotatable bonds is 30. The van der Waals surface area contributed by atoms with Crippen LogP contribution in [0, 0.1) is 10.8 Å². The van der Waals surface area contributed by atoms with Crippen LogP contribution in [0.15, 0.2) is 137 Å². The highest BCUT2D eigenvalue weighted by molar-refractivity contribution is 5.22. The summed E-state index contributed by atoms with van der Waals surface area (Å²) in [6.45, 7) is -0.483. The molecule has 7 rings (SSSR count). The predicted octanol–water partition coefficient (Wildman–Crippen LogP) is 4.77. The van der Waals surface area contributed by atoms with Crippen molar-refractivity contribution < 1.29 is 70.2 Å². The van der Waals surface area contributed by atoms with E-state index in [-0.39, 0.29) is 92.4 Å². The zero-order valence-electron chi connectivity index (χ0n) is 37.2. The number of hydrogen-bond donors (Lipinski definition) is 5. The van der Waals surface area contributed by atoms with E-state index in [9.17, 15) is 15.3 Å². The van der Waals surface area contributed by atoms with Gasteiger partial charge in [0.1, 0.15) is 74.2 Å². The second-order valence-corrected chi connectivity index (χ2v) is 16.6. The van der Waals surface area contributed by atoms with Crippen LogP contribution in [0.25, 0.3) is 0 Å². The van der Waals surface area contributed by atoms with Gasteiger partial charge in [-0.3, -0.25) is 4.90 Å². The van der Waals surface area contributed by atoms with Gasteiger partial charge in [-0.25, -0.2) is 0 Å². The molecule has 7 heterocycles. The standard InChI is InChI=1S/C48H63N3O15/c52-30-45(33-55-23-39-7-1-17-61-39,34-56-24-40-8-2-18-62-40)48(46(31-53,35-57-25-41-9-3-19-63-41)36-58-26-42-10-4-20-64-42)29-50-14-13-49-15-16-51(48)47(32-54,37-59-27-43-11-5-21-65-43)38-60-28-44-12-6-22-66-44/h1-12,17-22,49-50,52-54H,13-16,23-38H2. The first kappa shape index (κ1) is 49.1. The molecule has 18 nitrogen and oxygen atoms in total. The Bertz CT molecular complexity index is 1890. The highest BCUT2D eigenvalue weighted by Crippen LogP contribution is 2.53. The van der Waals surface area contributed by atoms with Gasteiger partial charge in [-0.15, -0.1) is 0 Å². The molecule has 0 spiro atoms. The number of nitrogens with zero attached hydrogens (tertiary/aromatic N) is 1. The van der Waals surface area contributed by atoms with E-state index in [1.807, 2.05) is 0 Å². The Morgan fingerprint density at radius 1 is 0.439 bits per heavy atom. The quantitative estimate of drug-likeness (QED) is 0.0411. The summed E-state index contributed by atoms with van der Waals surface area (Å²) in [5.41, 5.74) is -6.07. The Balaban J connectivity index is 1.43. The van der Waals surface area contributed by atoms with Crippen LogP contribution in [0.4, 0.5) is 0 Å². The molecule has 0 aromatic carbocycles. The summed E-state index contributed by atoms with van der Waals surface area (Å²) in [5, 5.41) is 44.4. The zero-order chi connectivity index (χ0) is 45.8. The third-order valence-corrected chi connectivity index (χ3v) is 12.3. The monoisotopic (exact) mass is 921 g/mol. The fraction of sp³-hybridized carbons (Fsp3) is 0.500. The van der Waals surface area contributed by atoms with Crippen molar-refractivity contribution in [2.24, 2.45) is 10.8 Å². The molecule has 360 valence electrons. The van der Waals surface area contributed by atoms with Crippen molar-refractivity contribution in [2.45, 2.75) is 50.7 Å². The maximum atomic E-state index is 12.5. The highest BCUT2D eigenvalue weighted by atomic mass is 16.5. The molecule has 6 aromatic rings. The normalized spacial score (nSPS) is 15.5. The number of aliphatic hydroxyl groups is 3. The van der Waals surface area contributed by atoms with Crippen molar-refractivity contribution in [1.82, 2.24) is 15.5 Å². The first-order valence-corrected chi connectivity index (χ1v) is 22.1. The molecule has 0 unspecified atom stereocenters. The van der Waals surface area contributed by atoms with Crippen molar-refractivity contribution >= 4 is 0 Å². The first-order chi connectivity index (χ1) is 32.5. The first-order valence-electron chi connectivity index (χ1n) is 22.1. The molecule has 1 aliphatic rings. The maximum Gasteiger partial charge on any atom is 0.129 e. The second-order valence-electron chi connectivity index (χ2n) is 16.6. The molecule has 0 bridgehead atoms. The lowest BCUT2D eigenvalue weighted by molar-refractivity contribution is -0.266. The summed E-state index contributed by atoms with van der Waals surface area (Å²) in [6.07, 6.45) is 9.38. The van der Waals surface area contributed by atoms with Gasteiger partial charge in [0, 0.05) is 32.7 Å². The zero-order valence-corrected chi connectivity index (χ0v) is 37.2. The van der Waals surface area contributed by atoms with Crippen LogP contribution in [0.5, 0.6) is 0 Å². The Kier molecular flexibility index (Phi) is 18.5. The minimum Gasteiger partial charge on any atom is -0.467 e. The molecule has 0 saturated carbocycles. The van der Waals surface area contributed by atoms with Gasteiger partial charge in [-0.1, -0.05) is 0 Å². The minimum absolute atomic E-state index is 0.0395. The second kappa shape index (κ2) is 24.8. The van der Waals surface area contributed by atoms with E-state index in [0.717, 1.165) is 0 Å². The van der Waals surface area contributed by atoms with Crippen molar-refractivity contribution in [3.05, 3.63) is 145 Å². The third kappa shape index (κ3) is 12.0. The molecule has 1 saturated heterocycles. The van der Waals surface area contributed by atoms with E-state index in [2.05, 4.69) is 15.5 Å². The molecule has 6 aromatic heterocycles. The van der Waals surface area contributed by atoms with Crippen molar-refractivity contribution in [3.63, 3.8) is 0 Å². The van der Waals surface area contributed by atoms with Crippen LogP contribution >= 0.6 is 0 Å². The number of furan rings is 6. The van der Waals surface area contributed by atoms with Crippen LogP contribution < -0.4 is 10.6 Å². The number of ether oxygens (including phenoxy) is 6. The summed E-state index contributed by atoms with van der Waals surface area (Å²) < 4.78 is 73.9. The lowest BCUT2D eigenvalue weighted by atomic mass is 9.54. The highest BCUT2D eigenvalue weighted by Gasteiger charge is 2.69. The van der Waals surface area contributed by atoms with E-state index in [1.54, 1.807) is 110 Å². The Morgan fingerprint density at radius 3 is 1.05 bits per heavy atom. The summed E-state index contributed by atoms with van der Waals surface area (Å²) in [7, 11) is 0. The maximum absolute atomic E-state index is 12.5. The topological polar surface area (TPSA) is 222 Å². The molecular formula is C48H63N3O15. The summed E-state index contributed by atoms with van der Waals surface area (Å²) in [4.78, 5) is 2.10. The fourth-order valence-electron chi connectivity index (χ4n) is 9.02. The number of hydrogen-bond acceptors (Lipinski definition) is 18. The Labute approximate surface area is 383 Å². The summed E-state index contributed by atoms with van der Waals surface area (Å²) in [6, 6.07) is 21.4. The van der Waals surface area contributed by atoms with Gasteiger partial charge < -0.3 is 80.9 Å². The van der Waals surface area contributed by atoms with Crippen molar-refractivity contribution in [2.75, 3.05) is 92.2 Å². The van der Waals surface area contributed by atoms with E-state index in [4.69, 9.17) is 54.9 Å². The Morgan fingerprint density at radius 2 is 0.758 bits per heavy atom. The van der Waals surface area contributed by atoms with E-state index in [0.29, 0.717) is 54.2 Å². The smallest absolute Gasteiger partial charge is 0.129 e. The molecule has 1 fully saturated rings. The molecule has 0 aliphatic carbocycles. The van der Waals surface area contributed by atoms with Crippen LogP contribution in [0.3, 0.4) is 0 Å². The van der Waals surface area contributed by atoms with Gasteiger partial charge in [0.25, 0.3) is 0 Å². The summed E-state index contributed by atoms with van der Waals surface area (Å²) >= 11 is 0. The third-order valence-electron chi connectivity index (χ3n) is 12.3. The average molecular weight is 922 g/mol. The molecule has 0 amide bonds. The molecule has 1 aliphatic heterocycles. The van der Waals surface area contributed by atoms with Crippen molar-refractivity contribution in [1.29, 1.82) is 0 Å². The number of aliphatic hydroxyl groups excluding tert-OH is 3. The molecule has 0 radical (unpaired) electrons. The van der Waals surface area contributed by atoms with Crippen LogP contribution in [-0.2, 0) is 68.1 Å². The van der Waals surface area contributed by atoms with Gasteiger partial charge in [0.15, 0.2) is 0 Å². The molecule has 0 atom stereocenters. The van der Waals surface area contributed by atoms with Crippen LogP contribution in [0.1, 0.15) is 34.6 Å². The lowest BCUT2D eigenvalue weighted by Gasteiger charge is -2.67. The van der Waals surface area contributed by atoms with Crippen LogP contribution in [-0.4, -0.2) is 123 Å². The van der Waals surface area contributed by atoms with Crippen molar-refractivity contribution in [3.8, 4) is 0 Å². The molecule has 66 heavy (non-hydrogen) atoms. The van der Waals surface area contributed by atoms with Crippen LogP contribution in [0.2, 0.25) is 0 Å². The van der Waals surface area contributed by atoms with Gasteiger partial charge >= 0.3 is 0 Å². The molecule has 5 N–H and O–H groups in total. The van der Waals surface area contributed by atoms with Gasteiger partial charge in [-0.05, 0) is 72.8 Å². The van der Waals surface area contributed by atoms with E-state index in [1.165, 1.54) is 0 Å². The minimum atomic E-state index is -1.58. The fourth-order valence-corrected chi connectivity index (χ4v) is 9.02. The Hall–Kier alpha value is -4.80. The van der Waals surface area contributed by atoms with E-state index >= 15 is 0 Å². The average Bonchev–Trinajstić information content (AvgIpc) is 4.20. The predicted molar refractivity (Wildman–Crippen MR) is 234 cm³/mol. The molecular weight excluding hydrogens is 859 g/mol. The van der Waals surface area contributed by atoms with Gasteiger partial charge in [-0.2, -0.15) is 0 Å². The van der Waals surface area contributed by atoms with E-state index < -0.39 is 41.7 Å². The van der Waals surface area contributed by atoms with Gasteiger partial charge in [0.05, 0.1) is 119 Å². The lowest BCUT2D eigenvalue weighted by Crippen LogP contribution is -2.83. The van der Waals surface area contributed by atoms with Gasteiger partial charge in [0.2, 0.25) is 0 Å². The SMILES string of the molecule is OCC(COCc1ccco1)(COCc1ccco1)N1CCNCCNCC1(C(CO)(COCc1ccco1)COCc1ccco1)C(CO)(COCc1ccco1)COCc1ccco1. The molecule has 18 heteroatoms. The summed E-state index contributed by atoms with van der Waals surface area (Å²) in [5.74, 6) is 3.37. The number of nitrogens with one attached hydrogen (secondary N) is 2.